The summed E-state index contributed by atoms with van der Waals surface area (Å²) >= 11 is 0. The van der Waals surface area contributed by atoms with Crippen molar-refractivity contribution in [2.45, 2.75) is 44.8 Å². The van der Waals surface area contributed by atoms with E-state index in [0.717, 1.165) is 37.6 Å². The summed E-state index contributed by atoms with van der Waals surface area (Å²) < 4.78 is 39.8. The average molecular weight is 297 g/mol. The number of fused-ring (bicyclic) bond motifs is 1. The molecule has 0 aromatic heterocycles. The van der Waals surface area contributed by atoms with Crippen molar-refractivity contribution in [2.24, 2.45) is 17.8 Å². The van der Waals surface area contributed by atoms with Gasteiger partial charge in [0.15, 0.2) is 0 Å². The van der Waals surface area contributed by atoms with Crippen molar-refractivity contribution < 1.29 is 13.2 Å². The second kappa shape index (κ2) is 5.64. The second-order valence-corrected chi connectivity index (χ2v) is 6.50. The van der Waals surface area contributed by atoms with Crippen LogP contribution in [0.4, 0.5) is 13.2 Å². The van der Waals surface area contributed by atoms with Gasteiger partial charge in [-0.15, -0.1) is 0 Å². The molecule has 2 saturated carbocycles. The molecule has 1 aromatic carbocycles. The quantitative estimate of drug-likeness (QED) is 0.823. The molecule has 1 N–H and O–H groups in total. The van der Waals surface area contributed by atoms with Gasteiger partial charge < -0.3 is 5.32 Å². The van der Waals surface area contributed by atoms with Gasteiger partial charge in [-0.25, -0.2) is 0 Å². The van der Waals surface area contributed by atoms with Gasteiger partial charge in [0, 0.05) is 6.04 Å². The van der Waals surface area contributed by atoms with E-state index in [4.69, 9.17) is 0 Å². The van der Waals surface area contributed by atoms with Crippen molar-refractivity contribution in [3.05, 3.63) is 35.4 Å². The van der Waals surface area contributed by atoms with Crippen LogP contribution in [-0.2, 0) is 6.18 Å². The molecule has 0 amide bonds. The Kier molecular flexibility index (Phi) is 4.00. The van der Waals surface area contributed by atoms with Crippen molar-refractivity contribution in [1.29, 1.82) is 0 Å². The van der Waals surface area contributed by atoms with Gasteiger partial charge >= 0.3 is 6.18 Å². The van der Waals surface area contributed by atoms with Crippen molar-refractivity contribution >= 4 is 0 Å². The zero-order chi connectivity index (χ0) is 15.0. The number of nitrogens with one attached hydrogen (secondary N) is 1. The highest BCUT2D eigenvalue weighted by Crippen LogP contribution is 2.57. The Bertz CT molecular complexity index is 487. The first-order valence-corrected chi connectivity index (χ1v) is 7.90. The summed E-state index contributed by atoms with van der Waals surface area (Å²) in [4.78, 5) is 0. The van der Waals surface area contributed by atoms with Crippen molar-refractivity contribution in [2.75, 3.05) is 6.54 Å². The fourth-order valence-electron chi connectivity index (χ4n) is 3.89. The maximum absolute atomic E-state index is 13.3. The molecule has 3 rings (SSSR count). The SMILES string of the molecule is CCCNC(c1ccccc1C(F)(F)F)C1CC2CC2C1. The highest BCUT2D eigenvalue weighted by molar-refractivity contribution is 5.33. The molecule has 0 heterocycles. The molecule has 116 valence electrons. The lowest BCUT2D eigenvalue weighted by molar-refractivity contribution is -0.138. The minimum Gasteiger partial charge on any atom is -0.310 e. The molecular weight excluding hydrogens is 275 g/mol. The van der Waals surface area contributed by atoms with E-state index in [1.807, 2.05) is 6.92 Å². The molecule has 0 bridgehead atoms. The molecular formula is C17H22F3N. The van der Waals surface area contributed by atoms with Gasteiger partial charge in [0.05, 0.1) is 5.56 Å². The van der Waals surface area contributed by atoms with Gasteiger partial charge in [0.25, 0.3) is 0 Å². The van der Waals surface area contributed by atoms with E-state index in [1.54, 1.807) is 12.1 Å². The van der Waals surface area contributed by atoms with Crippen LogP contribution in [0.3, 0.4) is 0 Å². The Labute approximate surface area is 123 Å². The number of halogens is 3. The summed E-state index contributed by atoms with van der Waals surface area (Å²) in [6, 6.07) is 5.91. The smallest absolute Gasteiger partial charge is 0.310 e. The molecule has 3 unspecified atom stereocenters. The van der Waals surface area contributed by atoms with Crippen LogP contribution in [0.25, 0.3) is 0 Å². The first-order valence-electron chi connectivity index (χ1n) is 7.90. The summed E-state index contributed by atoms with van der Waals surface area (Å²) in [6.07, 6.45) is 0.114. The van der Waals surface area contributed by atoms with Gasteiger partial charge in [-0.2, -0.15) is 13.2 Å². The van der Waals surface area contributed by atoms with E-state index in [9.17, 15) is 13.2 Å². The van der Waals surface area contributed by atoms with Crippen LogP contribution in [0.5, 0.6) is 0 Å². The maximum atomic E-state index is 13.3. The molecule has 4 heteroatoms. The average Bonchev–Trinajstić information content (AvgIpc) is 3.05. The van der Waals surface area contributed by atoms with Gasteiger partial charge in [-0.3, -0.25) is 0 Å². The Balaban J connectivity index is 1.88. The molecule has 1 nitrogen and oxygen atoms in total. The summed E-state index contributed by atoms with van der Waals surface area (Å²) in [5.74, 6) is 1.90. The molecule has 2 fully saturated rings. The second-order valence-electron chi connectivity index (χ2n) is 6.50. The van der Waals surface area contributed by atoms with Crippen LogP contribution in [0, 0.1) is 17.8 Å². The van der Waals surface area contributed by atoms with Crippen LogP contribution >= 0.6 is 0 Å². The van der Waals surface area contributed by atoms with Gasteiger partial charge in [0.1, 0.15) is 0 Å². The van der Waals surface area contributed by atoms with Crippen LogP contribution in [0.2, 0.25) is 0 Å². The predicted octanol–water partition coefficient (Wildman–Crippen LogP) is 4.79. The van der Waals surface area contributed by atoms with Crippen molar-refractivity contribution in [1.82, 2.24) is 5.32 Å². The highest BCUT2D eigenvalue weighted by atomic mass is 19.4. The monoisotopic (exact) mass is 297 g/mol. The Morgan fingerprint density at radius 1 is 1.14 bits per heavy atom. The van der Waals surface area contributed by atoms with Crippen LogP contribution < -0.4 is 5.32 Å². The molecule has 2 aliphatic rings. The first kappa shape index (κ1) is 14.9. The van der Waals surface area contributed by atoms with E-state index in [0.29, 0.717) is 11.5 Å². The Morgan fingerprint density at radius 3 is 2.43 bits per heavy atom. The number of alkyl halides is 3. The molecule has 1 aromatic rings. The van der Waals surface area contributed by atoms with E-state index in [1.165, 1.54) is 18.6 Å². The molecule has 0 aliphatic heterocycles. The van der Waals surface area contributed by atoms with Crippen LogP contribution in [0.1, 0.15) is 49.8 Å². The number of rotatable bonds is 5. The minimum absolute atomic E-state index is 0.157. The highest BCUT2D eigenvalue weighted by Gasteiger charge is 2.49. The van der Waals surface area contributed by atoms with Gasteiger partial charge in [-0.1, -0.05) is 25.1 Å². The largest absolute Gasteiger partial charge is 0.416 e. The summed E-state index contributed by atoms with van der Waals surface area (Å²) in [5, 5.41) is 3.38. The standard InChI is InChI=1S/C17H22F3N/c1-2-7-21-16(13-9-11-8-12(11)10-13)14-5-3-4-6-15(14)17(18,19)20/h3-6,11-13,16,21H,2,7-10H2,1H3. The normalized spacial score (nSPS) is 29.2. The molecule has 2 aliphatic carbocycles. The van der Waals surface area contributed by atoms with Crippen LogP contribution in [0.15, 0.2) is 24.3 Å². The lowest BCUT2D eigenvalue weighted by atomic mass is 9.86. The van der Waals surface area contributed by atoms with Crippen molar-refractivity contribution in [3.63, 3.8) is 0 Å². The minimum atomic E-state index is -4.27. The summed E-state index contributed by atoms with van der Waals surface area (Å²) in [7, 11) is 0. The number of hydrogen-bond donors (Lipinski definition) is 1. The third kappa shape index (κ3) is 3.10. The van der Waals surface area contributed by atoms with E-state index in [2.05, 4.69) is 5.32 Å². The molecule has 0 radical (unpaired) electrons. The molecule has 0 saturated heterocycles. The lowest BCUT2D eigenvalue weighted by Crippen LogP contribution is -2.30. The maximum Gasteiger partial charge on any atom is 0.416 e. The fraction of sp³-hybridized carbons (Fsp3) is 0.647. The predicted molar refractivity (Wildman–Crippen MR) is 76.8 cm³/mol. The Hall–Kier alpha value is -1.03. The number of benzene rings is 1. The Morgan fingerprint density at radius 2 is 1.81 bits per heavy atom. The zero-order valence-electron chi connectivity index (χ0n) is 12.3. The van der Waals surface area contributed by atoms with Gasteiger partial charge in [-0.05, 0) is 61.6 Å². The van der Waals surface area contributed by atoms with E-state index < -0.39 is 11.7 Å². The fourth-order valence-corrected chi connectivity index (χ4v) is 3.89. The van der Waals surface area contributed by atoms with E-state index in [-0.39, 0.29) is 6.04 Å². The lowest BCUT2D eigenvalue weighted by Gasteiger charge is -2.29. The summed E-state index contributed by atoms with van der Waals surface area (Å²) in [5.41, 5.74) is -0.0380. The van der Waals surface area contributed by atoms with Gasteiger partial charge in [0.2, 0.25) is 0 Å². The number of hydrogen-bond acceptors (Lipinski definition) is 1. The third-order valence-corrected chi connectivity index (χ3v) is 4.97. The third-order valence-electron chi connectivity index (χ3n) is 4.97. The molecule has 0 spiro atoms. The summed E-state index contributed by atoms with van der Waals surface area (Å²) in [6.45, 7) is 2.81. The zero-order valence-corrected chi connectivity index (χ0v) is 12.3. The molecule has 21 heavy (non-hydrogen) atoms. The van der Waals surface area contributed by atoms with Crippen LogP contribution in [-0.4, -0.2) is 6.54 Å². The van der Waals surface area contributed by atoms with E-state index >= 15 is 0 Å². The topological polar surface area (TPSA) is 12.0 Å². The first-order chi connectivity index (χ1) is 10.0. The van der Waals surface area contributed by atoms with Crippen molar-refractivity contribution in [3.8, 4) is 0 Å². The molecule has 3 atom stereocenters.